The van der Waals surface area contributed by atoms with Crippen LogP contribution in [-0.2, 0) is 16.8 Å². The Labute approximate surface area is 68.8 Å². The molecule has 0 heterocycles. The molecule has 0 fully saturated rings. The molecule has 0 unspecified atom stereocenters. The van der Waals surface area contributed by atoms with Crippen LogP contribution in [0.2, 0.25) is 0 Å². The molecule has 10 heteroatoms. The Hall–Kier alpha value is -0.494. The molecule has 9 nitrogen and oxygen atoms in total. The summed E-state index contributed by atoms with van der Waals surface area (Å²) in [5, 5.41) is 12.5. The van der Waals surface area contributed by atoms with Crippen LogP contribution in [0.4, 0.5) is 0 Å². The summed E-state index contributed by atoms with van der Waals surface area (Å²) in [5.41, 5.74) is 0. The second-order valence-corrected chi connectivity index (χ2v) is 0.257. The van der Waals surface area contributed by atoms with Crippen LogP contribution < -0.4 is 0 Å². The first-order chi connectivity index (χ1) is 1.73. The first-order valence-electron chi connectivity index (χ1n) is 0.589. The molecule has 0 aromatic carbocycles. The number of nitrogens with two attached hydrogens (primary N) is 5. The fourth-order valence-corrected chi connectivity index (χ4v) is 0. The zero-order chi connectivity index (χ0) is 3.58. The smallest absolute Gasteiger partial charge is 0.693 e. The normalized spacial score (nSPS) is 2.40. The van der Waals surface area contributed by atoms with E-state index in [1.54, 1.807) is 0 Å². The van der Waals surface area contributed by atoms with E-state index < -0.39 is 5.09 Å². The van der Waals surface area contributed by atoms with Gasteiger partial charge < -0.3 is 36.0 Å². The molecule has 0 saturated carbocycles. The monoisotopic (exact) mass is 203 g/mol. The first-order valence-corrected chi connectivity index (χ1v) is 0.589. The fraction of sp³-hybridized carbons (Fsp3) is 0. The number of hydrogen-bond acceptors (Lipinski definition) is 2. The SMILES string of the molecule is O=[N+]([O-])[OH2+].[Co+3].[NH2-].[NH2-].[NH2-].[NH2-].[NH2-]. The van der Waals surface area contributed by atoms with Crippen LogP contribution >= 0.6 is 0 Å². The molecule has 0 saturated heterocycles. The van der Waals surface area contributed by atoms with Crippen molar-refractivity contribution in [1.29, 1.82) is 0 Å². The molecule has 0 aliphatic rings. The van der Waals surface area contributed by atoms with Crippen LogP contribution in [0.15, 0.2) is 0 Å². The van der Waals surface area contributed by atoms with Gasteiger partial charge in [0.25, 0.3) is 0 Å². The van der Waals surface area contributed by atoms with E-state index in [4.69, 9.17) is 15.3 Å². The minimum Gasteiger partial charge on any atom is -0.693 e. The molecule has 0 radical (unpaired) electrons. The summed E-state index contributed by atoms with van der Waals surface area (Å²) in [6.45, 7) is 0. The van der Waals surface area contributed by atoms with Gasteiger partial charge in [-0.3, -0.25) is 0 Å². The summed E-state index contributed by atoms with van der Waals surface area (Å²) in [5.74, 6) is 0. The number of nitrogens with zero attached hydrogens (tertiary/aromatic N) is 1. The molecule has 0 aromatic heterocycles. The molecule has 0 rings (SSSR count). The van der Waals surface area contributed by atoms with Crippen molar-refractivity contribution in [3.8, 4) is 0 Å². The van der Waals surface area contributed by atoms with Crippen molar-refractivity contribution in [3.63, 3.8) is 0 Å². The summed E-state index contributed by atoms with van der Waals surface area (Å²) in [4.78, 5) is 8.47. The maximum atomic E-state index is 8.47. The summed E-state index contributed by atoms with van der Waals surface area (Å²) in [6.07, 6.45) is 0. The van der Waals surface area contributed by atoms with E-state index in [0.29, 0.717) is 0 Å². The van der Waals surface area contributed by atoms with Crippen molar-refractivity contribution in [3.05, 3.63) is 40.9 Å². The van der Waals surface area contributed by atoms with Crippen molar-refractivity contribution in [2.45, 2.75) is 0 Å². The summed E-state index contributed by atoms with van der Waals surface area (Å²) in [7, 11) is 0. The van der Waals surface area contributed by atoms with Crippen molar-refractivity contribution >= 4 is 0 Å². The van der Waals surface area contributed by atoms with E-state index in [2.05, 4.69) is 0 Å². The van der Waals surface area contributed by atoms with E-state index in [1.165, 1.54) is 0 Å². The Bertz CT molecular complexity index is 36.0. The second kappa shape index (κ2) is 76.3. The van der Waals surface area contributed by atoms with Gasteiger partial charge in [-0.05, 0) is 0 Å². The van der Waals surface area contributed by atoms with E-state index >= 15 is 0 Å². The van der Waals surface area contributed by atoms with Gasteiger partial charge in [-0.2, -0.15) is 0 Å². The van der Waals surface area contributed by atoms with Crippen LogP contribution in [0.25, 0.3) is 30.8 Å². The molecule has 0 spiro atoms. The minimum atomic E-state index is -1.25. The molecule has 0 atom stereocenters. The average Bonchev–Trinajstić information content (AvgIpc) is 0.811. The average molecular weight is 203 g/mol. The summed E-state index contributed by atoms with van der Waals surface area (Å²) >= 11 is 0. The Morgan fingerprint density at radius 1 is 1.00 bits per heavy atom. The van der Waals surface area contributed by atoms with Crippen molar-refractivity contribution < 1.29 is 27.1 Å². The van der Waals surface area contributed by atoms with Crippen LogP contribution in [-0.4, -0.2) is 10.3 Å². The molecule has 0 aliphatic carbocycles. The maximum Gasteiger partial charge on any atom is 3.00 e. The van der Waals surface area contributed by atoms with E-state index in [1.807, 2.05) is 0 Å². The van der Waals surface area contributed by atoms with Crippen LogP contribution in [0.5, 0.6) is 0 Å². The van der Waals surface area contributed by atoms with Gasteiger partial charge in [-0.15, -0.1) is 0 Å². The van der Waals surface area contributed by atoms with Gasteiger partial charge in [0.1, 0.15) is 10.1 Å². The Morgan fingerprint density at radius 3 is 1.00 bits per heavy atom. The standard InChI is InChI=1S/Co.HNO3.5H2N/c;2-1(3)4;;;;;/h;(H,2,3,4);5*1H2/q+3;;5*-1/p+1. The first kappa shape index (κ1) is 109. The van der Waals surface area contributed by atoms with Gasteiger partial charge in [0.05, 0.1) is 0 Å². The van der Waals surface area contributed by atoms with Gasteiger partial charge in [-0.25, -0.2) is 0 Å². The third-order valence-electron chi connectivity index (χ3n) is 0. The molecule has 70 valence electrons. The Balaban J connectivity index is -0.00000000300. The predicted molar refractivity (Wildman–Crippen MR) is 37.0 cm³/mol. The van der Waals surface area contributed by atoms with Gasteiger partial charge in [-0.1, -0.05) is 0 Å². The predicted octanol–water partition coefficient (Wildman–Crippen LogP) is 2.49. The van der Waals surface area contributed by atoms with Crippen LogP contribution in [0.1, 0.15) is 0 Å². The maximum absolute atomic E-state index is 8.47. The van der Waals surface area contributed by atoms with Gasteiger partial charge in [0.2, 0.25) is 0 Å². The quantitative estimate of drug-likeness (QED) is 0.327. The van der Waals surface area contributed by atoms with Crippen molar-refractivity contribution in [2.24, 2.45) is 0 Å². The van der Waals surface area contributed by atoms with Gasteiger partial charge in [0.15, 0.2) is 0 Å². The molecular weight excluding hydrogens is 191 g/mol. The van der Waals surface area contributed by atoms with Gasteiger partial charge >= 0.3 is 21.9 Å². The van der Waals surface area contributed by atoms with Crippen molar-refractivity contribution in [2.75, 3.05) is 0 Å². The molecular formula is H12CoN6O3-. The topological polar surface area (TPSA) is 234 Å². The number of rotatable bonds is 0. The minimum absolute atomic E-state index is 0. The summed E-state index contributed by atoms with van der Waals surface area (Å²) in [6, 6.07) is 0. The second-order valence-electron chi connectivity index (χ2n) is 0.257. The van der Waals surface area contributed by atoms with Crippen LogP contribution in [0, 0.1) is 10.1 Å². The molecule has 12 N–H and O–H groups in total. The van der Waals surface area contributed by atoms with Crippen molar-refractivity contribution in [1.82, 2.24) is 0 Å². The van der Waals surface area contributed by atoms with E-state index in [9.17, 15) is 0 Å². The molecule has 0 amide bonds. The fourth-order valence-electron chi connectivity index (χ4n) is 0. The molecule has 0 bridgehead atoms. The Morgan fingerprint density at radius 2 is 1.00 bits per heavy atom. The third-order valence-corrected chi connectivity index (χ3v) is 0. The number of hydrogen-bond donors (Lipinski definition) is 0. The van der Waals surface area contributed by atoms with E-state index in [0.717, 1.165) is 0 Å². The molecule has 0 aromatic rings. The molecule has 10 heavy (non-hydrogen) atoms. The third kappa shape index (κ3) is 1300. The van der Waals surface area contributed by atoms with E-state index in [-0.39, 0.29) is 47.5 Å². The van der Waals surface area contributed by atoms with Gasteiger partial charge in [0, 0.05) is 0 Å². The Kier molecular flexibility index (Phi) is 835. The van der Waals surface area contributed by atoms with Crippen LogP contribution in [0.3, 0.4) is 0 Å². The zero-order valence-electron chi connectivity index (χ0n) is 4.98. The summed E-state index contributed by atoms with van der Waals surface area (Å²) < 4.78 is 0. The largest absolute Gasteiger partial charge is 3.00 e. The molecule has 0 aliphatic heterocycles. The zero-order valence-corrected chi connectivity index (χ0v) is 6.02.